The van der Waals surface area contributed by atoms with Crippen LogP contribution in [-0.4, -0.2) is 61.1 Å². The third kappa shape index (κ3) is 4.30. The first-order chi connectivity index (χ1) is 11.5. The van der Waals surface area contributed by atoms with Gasteiger partial charge in [0.25, 0.3) is 0 Å². The molecule has 1 saturated heterocycles. The van der Waals surface area contributed by atoms with Gasteiger partial charge in [0, 0.05) is 31.2 Å². The number of nitrogens with zero attached hydrogens (tertiary/aromatic N) is 1. The molecule has 24 heavy (non-hydrogen) atoms. The number of fused-ring (bicyclic) bond motifs is 1. The fraction of sp³-hybridized carbons (Fsp3) is 0.588. The summed E-state index contributed by atoms with van der Waals surface area (Å²) in [5, 5.41) is 11.9. The molecule has 1 fully saturated rings. The van der Waals surface area contributed by atoms with Crippen molar-refractivity contribution in [3.63, 3.8) is 0 Å². The van der Waals surface area contributed by atoms with E-state index in [0.717, 1.165) is 49.7 Å². The Morgan fingerprint density at radius 1 is 1.42 bits per heavy atom. The molecule has 7 heteroatoms. The van der Waals surface area contributed by atoms with Crippen molar-refractivity contribution in [3.05, 3.63) is 18.2 Å². The Balaban J connectivity index is 1.36. The van der Waals surface area contributed by atoms with Crippen molar-refractivity contribution in [2.45, 2.75) is 25.3 Å². The first kappa shape index (κ1) is 16.9. The van der Waals surface area contributed by atoms with Crippen molar-refractivity contribution < 1.29 is 24.1 Å². The van der Waals surface area contributed by atoms with Crippen LogP contribution in [0.1, 0.15) is 19.8 Å². The number of hydrogen-bond donors (Lipinski definition) is 2. The van der Waals surface area contributed by atoms with Gasteiger partial charge in [-0.3, -0.25) is 4.79 Å². The number of hydrogen-bond acceptors (Lipinski definition) is 6. The summed E-state index contributed by atoms with van der Waals surface area (Å²) in [7, 11) is 0. The van der Waals surface area contributed by atoms with Gasteiger partial charge in [-0.2, -0.15) is 0 Å². The molecule has 1 aromatic carbocycles. The van der Waals surface area contributed by atoms with Gasteiger partial charge in [-0.15, -0.1) is 0 Å². The molecular weight excluding hydrogens is 312 g/mol. The van der Waals surface area contributed by atoms with Crippen molar-refractivity contribution in [1.82, 2.24) is 10.2 Å². The summed E-state index contributed by atoms with van der Waals surface area (Å²) in [6.07, 6.45) is 1.88. The second-order valence-corrected chi connectivity index (χ2v) is 6.55. The van der Waals surface area contributed by atoms with E-state index in [1.165, 1.54) is 0 Å². The lowest BCUT2D eigenvalue weighted by atomic mass is 10.0. The predicted octanol–water partition coefficient (Wildman–Crippen LogP) is 1.32. The van der Waals surface area contributed by atoms with Gasteiger partial charge in [0.2, 0.25) is 6.79 Å². The maximum atomic E-state index is 10.7. The van der Waals surface area contributed by atoms with E-state index in [2.05, 4.69) is 17.1 Å². The summed E-state index contributed by atoms with van der Waals surface area (Å²) in [6, 6.07) is 5.60. The molecule has 0 amide bonds. The summed E-state index contributed by atoms with van der Waals surface area (Å²) in [5.41, 5.74) is -0.115. The molecule has 0 bridgehead atoms. The lowest BCUT2D eigenvalue weighted by Crippen LogP contribution is -2.47. The number of ether oxygens (including phenoxy) is 3. The van der Waals surface area contributed by atoms with Crippen LogP contribution in [0, 0.1) is 0 Å². The van der Waals surface area contributed by atoms with Crippen molar-refractivity contribution >= 4 is 5.97 Å². The zero-order valence-corrected chi connectivity index (χ0v) is 13.9. The van der Waals surface area contributed by atoms with E-state index < -0.39 is 5.97 Å². The van der Waals surface area contributed by atoms with Crippen LogP contribution < -0.4 is 19.5 Å². The summed E-state index contributed by atoms with van der Waals surface area (Å²) in [6.45, 7) is 5.78. The van der Waals surface area contributed by atoms with Gasteiger partial charge in [-0.25, -0.2) is 0 Å². The van der Waals surface area contributed by atoms with E-state index >= 15 is 0 Å². The van der Waals surface area contributed by atoms with Gasteiger partial charge in [-0.1, -0.05) is 0 Å². The van der Waals surface area contributed by atoms with Gasteiger partial charge in [0.1, 0.15) is 5.75 Å². The van der Waals surface area contributed by atoms with E-state index in [9.17, 15) is 4.79 Å². The number of nitrogens with one attached hydrogen (secondary N) is 1. The van der Waals surface area contributed by atoms with Crippen molar-refractivity contribution in [3.8, 4) is 17.2 Å². The van der Waals surface area contributed by atoms with Gasteiger partial charge >= 0.3 is 5.97 Å². The van der Waals surface area contributed by atoms with Crippen LogP contribution in [-0.2, 0) is 4.79 Å². The normalized spacial score (nSPS) is 22.7. The summed E-state index contributed by atoms with van der Waals surface area (Å²) in [5.74, 6) is 1.46. The van der Waals surface area contributed by atoms with E-state index in [0.29, 0.717) is 6.61 Å². The zero-order chi connectivity index (χ0) is 17.0. The molecule has 7 nitrogen and oxygen atoms in total. The molecule has 0 saturated carbocycles. The monoisotopic (exact) mass is 336 g/mol. The highest BCUT2D eigenvalue weighted by atomic mass is 16.7. The molecule has 3 rings (SSSR count). The quantitative estimate of drug-likeness (QED) is 0.693. The first-order valence-corrected chi connectivity index (χ1v) is 8.26. The first-order valence-electron chi connectivity index (χ1n) is 8.26. The van der Waals surface area contributed by atoms with Crippen LogP contribution >= 0.6 is 0 Å². The Labute approximate surface area is 141 Å². The third-order valence-corrected chi connectivity index (χ3v) is 4.45. The predicted molar refractivity (Wildman–Crippen MR) is 87.8 cm³/mol. The lowest BCUT2D eigenvalue weighted by Gasteiger charge is -2.25. The molecule has 0 aromatic heterocycles. The van der Waals surface area contributed by atoms with Crippen molar-refractivity contribution in [1.29, 1.82) is 0 Å². The highest BCUT2D eigenvalue weighted by Gasteiger charge is 2.33. The largest absolute Gasteiger partial charge is 0.493 e. The number of carbonyl (C=O) groups is 1. The highest BCUT2D eigenvalue weighted by Crippen LogP contribution is 2.35. The SMILES string of the molecule is CC1(NCC(=O)O)CCN(CCCOc2ccc3c(c2)OCO3)C1. The summed E-state index contributed by atoms with van der Waals surface area (Å²) in [4.78, 5) is 13.0. The van der Waals surface area contributed by atoms with Crippen molar-refractivity contribution in [2.75, 3.05) is 39.6 Å². The van der Waals surface area contributed by atoms with Crippen LogP contribution in [0.5, 0.6) is 17.2 Å². The molecule has 1 atom stereocenters. The van der Waals surface area contributed by atoms with Crippen molar-refractivity contribution in [2.24, 2.45) is 0 Å². The van der Waals surface area contributed by atoms with Crippen LogP contribution in [0.4, 0.5) is 0 Å². The number of carboxylic acids is 1. The number of rotatable bonds is 8. The van der Waals surface area contributed by atoms with E-state index in [1.807, 2.05) is 18.2 Å². The number of aliphatic carboxylic acids is 1. The second kappa shape index (κ2) is 7.27. The van der Waals surface area contributed by atoms with E-state index in [4.69, 9.17) is 19.3 Å². The fourth-order valence-electron chi connectivity index (χ4n) is 3.13. The molecule has 2 heterocycles. The number of likely N-dealkylation sites (tertiary alicyclic amines) is 1. The fourth-order valence-corrected chi connectivity index (χ4v) is 3.13. The Kier molecular flexibility index (Phi) is 5.11. The number of carboxylic acid groups (broad SMARTS) is 1. The Morgan fingerprint density at radius 3 is 3.08 bits per heavy atom. The minimum absolute atomic E-state index is 0.0115. The summed E-state index contributed by atoms with van der Waals surface area (Å²) < 4.78 is 16.4. The van der Waals surface area contributed by atoms with Gasteiger partial charge in [0.15, 0.2) is 11.5 Å². The topological polar surface area (TPSA) is 80.3 Å². The second-order valence-electron chi connectivity index (χ2n) is 6.55. The Bertz CT molecular complexity index is 594. The Hall–Kier alpha value is -1.99. The van der Waals surface area contributed by atoms with Crippen LogP contribution in [0.25, 0.3) is 0 Å². The van der Waals surface area contributed by atoms with Gasteiger partial charge in [0.05, 0.1) is 13.2 Å². The number of benzene rings is 1. The maximum Gasteiger partial charge on any atom is 0.317 e. The Morgan fingerprint density at radius 2 is 2.25 bits per heavy atom. The molecular formula is C17H24N2O5. The minimum Gasteiger partial charge on any atom is -0.493 e. The van der Waals surface area contributed by atoms with E-state index in [1.54, 1.807) is 0 Å². The smallest absolute Gasteiger partial charge is 0.317 e. The van der Waals surface area contributed by atoms with Crippen LogP contribution in [0.3, 0.4) is 0 Å². The minimum atomic E-state index is -0.813. The molecule has 0 spiro atoms. The van der Waals surface area contributed by atoms with Gasteiger partial charge in [-0.05, 0) is 31.9 Å². The van der Waals surface area contributed by atoms with Crippen LogP contribution in [0.15, 0.2) is 18.2 Å². The molecule has 2 N–H and O–H groups in total. The molecule has 132 valence electrons. The molecule has 1 unspecified atom stereocenters. The van der Waals surface area contributed by atoms with E-state index in [-0.39, 0.29) is 18.9 Å². The standard InChI is InChI=1S/C17H24N2O5/c1-17(18-10-16(20)21)5-7-19(11-17)6-2-8-22-13-3-4-14-15(9-13)24-12-23-14/h3-4,9,18H,2,5-8,10-12H2,1H3,(H,20,21). The summed E-state index contributed by atoms with van der Waals surface area (Å²) >= 11 is 0. The molecule has 0 aliphatic carbocycles. The highest BCUT2D eigenvalue weighted by molar-refractivity contribution is 5.69. The molecule has 2 aliphatic rings. The third-order valence-electron chi connectivity index (χ3n) is 4.45. The lowest BCUT2D eigenvalue weighted by molar-refractivity contribution is -0.136. The average molecular weight is 336 g/mol. The molecule has 2 aliphatic heterocycles. The van der Waals surface area contributed by atoms with Crippen LogP contribution in [0.2, 0.25) is 0 Å². The zero-order valence-electron chi connectivity index (χ0n) is 13.9. The molecule has 1 aromatic rings. The maximum absolute atomic E-state index is 10.7. The molecule has 0 radical (unpaired) electrons. The average Bonchev–Trinajstić information content (AvgIpc) is 3.16. The van der Waals surface area contributed by atoms with Gasteiger partial charge < -0.3 is 29.5 Å².